The summed E-state index contributed by atoms with van der Waals surface area (Å²) in [6, 6.07) is 21.3. The molecular weight excluding hydrogens is 407 g/mol. The van der Waals surface area contributed by atoms with Gasteiger partial charge in [-0.1, -0.05) is 35.3 Å². The fraction of sp³-hybridized carbons (Fsp3) is 0.174. The van der Waals surface area contributed by atoms with E-state index in [1.165, 1.54) is 0 Å². The van der Waals surface area contributed by atoms with Crippen LogP contribution >= 0.6 is 23.2 Å². The molecule has 0 aromatic heterocycles. The second-order valence-corrected chi connectivity index (χ2v) is 7.58. The maximum absolute atomic E-state index is 6.09. The van der Waals surface area contributed by atoms with E-state index < -0.39 is 0 Å². The highest BCUT2D eigenvalue weighted by Crippen LogP contribution is 2.41. The highest BCUT2D eigenvalue weighted by molar-refractivity contribution is 6.31. The molecule has 3 aromatic rings. The molecule has 3 aromatic carbocycles. The van der Waals surface area contributed by atoms with Crippen LogP contribution in [0.4, 0.5) is 5.69 Å². The summed E-state index contributed by atoms with van der Waals surface area (Å²) in [6.45, 7) is 0. The molecule has 0 unspecified atom stereocenters. The fourth-order valence-corrected chi connectivity index (χ4v) is 3.75. The minimum atomic E-state index is -0.0253. The average Bonchev–Trinajstić information content (AvgIpc) is 3.19. The van der Waals surface area contributed by atoms with Crippen molar-refractivity contribution in [2.24, 2.45) is 5.10 Å². The van der Waals surface area contributed by atoms with Crippen LogP contribution in [0.5, 0.6) is 11.5 Å². The lowest BCUT2D eigenvalue weighted by atomic mass is 9.97. The molecule has 4 rings (SSSR count). The summed E-state index contributed by atoms with van der Waals surface area (Å²) in [4.78, 5) is 0. The van der Waals surface area contributed by atoms with E-state index in [1.807, 2.05) is 71.7 Å². The Morgan fingerprint density at radius 3 is 2.14 bits per heavy atom. The summed E-state index contributed by atoms with van der Waals surface area (Å²) >= 11 is 12.2. The molecule has 0 saturated carbocycles. The zero-order valence-electron chi connectivity index (χ0n) is 16.1. The molecular formula is C23H20Cl2N2O2. The van der Waals surface area contributed by atoms with Crippen LogP contribution in [0.25, 0.3) is 0 Å². The molecule has 0 saturated heterocycles. The van der Waals surface area contributed by atoms with Gasteiger partial charge in [0.1, 0.15) is 11.5 Å². The van der Waals surface area contributed by atoms with Crippen LogP contribution in [0.3, 0.4) is 0 Å². The first-order valence-corrected chi connectivity index (χ1v) is 9.95. The molecule has 0 aliphatic carbocycles. The SMILES string of the molecule is COc1ccc([C@@H]2CC(c3ccc(Cl)cc3)=NN2c2ccc(Cl)cc2)c(OC)c1. The molecule has 1 aliphatic rings. The molecule has 1 aliphatic heterocycles. The van der Waals surface area contributed by atoms with Gasteiger partial charge in [0, 0.05) is 28.1 Å². The van der Waals surface area contributed by atoms with Gasteiger partial charge in [-0.2, -0.15) is 5.10 Å². The number of hydrogen-bond acceptors (Lipinski definition) is 4. The summed E-state index contributed by atoms with van der Waals surface area (Å²) in [5, 5.41) is 8.35. The first-order chi connectivity index (χ1) is 14.1. The standard InChI is InChI=1S/C23H20Cl2N2O2/c1-28-19-11-12-20(23(13-19)29-2)22-14-21(15-3-5-16(24)6-4-15)26-27(22)18-9-7-17(25)8-10-18/h3-13,22H,14H2,1-2H3/t22-/m0/s1. The number of anilines is 1. The number of halogens is 2. The highest BCUT2D eigenvalue weighted by atomic mass is 35.5. The van der Waals surface area contributed by atoms with Crippen molar-refractivity contribution in [2.45, 2.75) is 12.5 Å². The predicted octanol–water partition coefficient (Wildman–Crippen LogP) is 6.37. The predicted molar refractivity (Wildman–Crippen MR) is 119 cm³/mol. The molecule has 0 bridgehead atoms. The fourth-order valence-electron chi connectivity index (χ4n) is 3.49. The molecule has 4 nitrogen and oxygen atoms in total. The maximum atomic E-state index is 6.09. The Morgan fingerprint density at radius 1 is 0.862 bits per heavy atom. The van der Waals surface area contributed by atoms with Gasteiger partial charge in [0.05, 0.1) is 31.7 Å². The lowest BCUT2D eigenvalue weighted by molar-refractivity contribution is 0.388. The summed E-state index contributed by atoms with van der Waals surface area (Å²) in [5.74, 6) is 1.52. The van der Waals surface area contributed by atoms with E-state index >= 15 is 0 Å². The monoisotopic (exact) mass is 426 g/mol. The molecule has 148 valence electrons. The van der Waals surface area contributed by atoms with Gasteiger partial charge in [-0.15, -0.1) is 0 Å². The van der Waals surface area contributed by atoms with E-state index in [1.54, 1.807) is 14.2 Å². The third kappa shape index (κ3) is 4.04. The summed E-state index contributed by atoms with van der Waals surface area (Å²) < 4.78 is 11.0. The van der Waals surface area contributed by atoms with Gasteiger partial charge in [-0.05, 0) is 54.1 Å². The summed E-state index contributed by atoms with van der Waals surface area (Å²) in [6.07, 6.45) is 0.729. The Labute approximate surface area is 180 Å². The minimum Gasteiger partial charge on any atom is -0.497 e. The smallest absolute Gasteiger partial charge is 0.127 e. The number of rotatable bonds is 5. The Hall–Kier alpha value is -2.69. The Morgan fingerprint density at radius 2 is 1.52 bits per heavy atom. The molecule has 29 heavy (non-hydrogen) atoms. The number of ether oxygens (including phenoxy) is 2. The molecule has 6 heteroatoms. The third-order valence-corrected chi connectivity index (χ3v) is 5.48. The topological polar surface area (TPSA) is 34.1 Å². The van der Waals surface area contributed by atoms with Crippen LogP contribution in [-0.2, 0) is 0 Å². The molecule has 0 spiro atoms. The van der Waals surface area contributed by atoms with Crippen molar-refractivity contribution in [3.05, 3.63) is 87.9 Å². The molecule has 1 atom stereocenters. The quantitative estimate of drug-likeness (QED) is 0.475. The zero-order chi connectivity index (χ0) is 20.4. The Bertz CT molecular complexity index is 1030. The highest BCUT2D eigenvalue weighted by Gasteiger charge is 2.32. The van der Waals surface area contributed by atoms with Gasteiger partial charge in [-0.3, -0.25) is 5.01 Å². The molecule has 0 amide bonds. The molecule has 1 heterocycles. The first-order valence-electron chi connectivity index (χ1n) is 9.19. The third-order valence-electron chi connectivity index (χ3n) is 4.98. The van der Waals surface area contributed by atoms with E-state index in [4.69, 9.17) is 37.8 Å². The van der Waals surface area contributed by atoms with Crippen molar-refractivity contribution in [3.8, 4) is 11.5 Å². The Kier molecular flexibility index (Phi) is 5.65. The van der Waals surface area contributed by atoms with E-state index in [2.05, 4.69) is 0 Å². The van der Waals surface area contributed by atoms with Crippen LogP contribution in [-0.4, -0.2) is 19.9 Å². The van der Waals surface area contributed by atoms with E-state index in [9.17, 15) is 0 Å². The first kappa shape index (κ1) is 19.6. The van der Waals surface area contributed by atoms with Crippen LogP contribution in [0, 0.1) is 0 Å². The van der Waals surface area contributed by atoms with Crippen LogP contribution in [0.15, 0.2) is 71.8 Å². The maximum Gasteiger partial charge on any atom is 0.127 e. The van der Waals surface area contributed by atoms with E-state index in [0.717, 1.165) is 40.4 Å². The van der Waals surface area contributed by atoms with E-state index in [0.29, 0.717) is 10.0 Å². The van der Waals surface area contributed by atoms with Crippen LogP contribution in [0.1, 0.15) is 23.6 Å². The normalized spacial score (nSPS) is 15.9. The minimum absolute atomic E-state index is 0.0253. The van der Waals surface area contributed by atoms with Crippen molar-refractivity contribution in [1.29, 1.82) is 0 Å². The van der Waals surface area contributed by atoms with Crippen molar-refractivity contribution in [3.63, 3.8) is 0 Å². The van der Waals surface area contributed by atoms with Crippen LogP contribution < -0.4 is 14.5 Å². The average molecular weight is 427 g/mol. The second kappa shape index (κ2) is 8.36. The molecule has 0 N–H and O–H groups in total. The van der Waals surface area contributed by atoms with Gasteiger partial charge >= 0.3 is 0 Å². The zero-order valence-corrected chi connectivity index (χ0v) is 17.6. The number of methoxy groups -OCH3 is 2. The van der Waals surface area contributed by atoms with Gasteiger partial charge in [-0.25, -0.2) is 0 Å². The largest absolute Gasteiger partial charge is 0.497 e. The summed E-state index contributed by atoms with van der Waals surface area (Å²) in [7, 11) is 3.31. The molecule has 0 fully saturated rings. The van der Waals surface area contributed by atoms with Gasteiger partial charge < -0.3 is 9.47 Å². The van der Waals surface area contributed by atoms with Gasteiger partial charge in [0.25, 0.3) is 0 Å². The van der Waals surface area contributed by atoms with Crippen molar-refractivity contribution < 1.29 is 9.47 Å². The van der Waals surface area contributed by atoms with Crippen molar-refractivity contribution in [2.75, 3.05) is 19.2 Å². The second-order valence-electron chi connectivity index (χ2n) is 6.70. The van der Waals surface area contributed by atoms with Crippen molar-refractivity contribution in [1.82, 2.24) is 0 Å². The number of hydrogen-bond donors (Lipinski definition) is 0. The number of nitrogens with zero attached hydrogens (tertiary/aromatic N) is 2. The Balaban J connectivity index is 1.77. The molecule has 0 radical (unpaired) electrons. The lowest BCUT2D eigenvalue weighted by Crippen LogP contribution is -2.19. The van der Waals surface area contributed by atoms with Crippen molar-refractivity contribution >= 4 is 34.6 Å². The van der Waals surface area contributed by atoms with Gasteiger partial charge in [0.15, 0.2) is 0 Å². The number of benzene rings is 3. The van der Waals surface area contributed by atoms with E-state index in [-0.39, 0.29) is 6.04 Å². The van der Waals surface area contributed by atoms with Gasteiger partial charge in [0.2, 0.25) is 0 Å². The van der Waals surface area contributed by atoms with Crippen LogP contribution in [0.2, 0.25) is 10.0 Å². The number of hydrazone groups is 1. The summed E-state index contributed by atoms with van der Waals surface area (Å²) in [5.41, 5.74) is 4.03. The lowest BCUT2D eigenvalue weighted by Gasteiger charge is -2.25.